The third kappa shape index (κ3) is 4.14. The largest absolute Gasteiger partial charge is 0.465 e. The molecule has 0 bridgehead atoms. The molecule has 0 saturated heterocycles. The zero-order valence-corrected chi connectivity index (χ0v) is 10.9. The van der Waals surface area contributed by atoms with E-state index in [0.29, 0.717) is 16.7 Å². The molecule has 1 amide bonds. The first-order valence-corrected chi connectivity index (χ1v) is 6.25. The van der Waals surface area contributed by atoms with Crippen LogP contribution in [-0.2, 0) is 16.0 Å². The molecular formula is C12H11N3O3S. The molecule has 7 heteroatoms. The molecule has 1 N–H and O–H groups in total. The highest BCUT2D eigenvalue weighted by molar-refractivity contribution is 7.09. The van der Waals surface area contributed by atoms with E-state index in [9.17, 15) is 9.59 Å². The number of aromatic nitrogens is 2. The van der Waals surface area contributed by atoms with Gasteiger partial charge in [-0.15, -0.1) is 0 Å². The summed E-state index contributed by atoms with van der Waals surface area (Å²) in [5, 5.41) is 2.93. The van der Waals surface area contributed by atoms with Crippen LogP contribution in [0, 0.1) is 0 Å². The van der Waals surface area contributed by atoms with Crippen molar-refractivity contribution in [2.24, 2.45) is 0 Å². The average molecular weight is 277 g/mol. The summed E-state index contributed by atoms with van der Waals surface area (Å²) < 4.78 is 9.02. The van der Waals surface area contributed by atoms with Gasteiger partial charge in [0.15, 0.2) is 5.82 Å². The summed E-state index contributed by atoms with van der Waals surface area (Å²) in [5.41, 5.74) is 0. The van der Waals surface area contributed by atoms with Crippen molar-refractivity contribution < 1.29 is 14.0 Å². The highest BCUT2D eigenvalue weighted by Crippen LogP contribution is 2.11. The quantitative estimate of drug-likeness (QED) is 0.844. The molecule has 2 rings (SSSR count). The second kappa shape index (κ2) is 6.05. The molecule has 98 valence electrons. The second-order valence-corrected chi connectivity index (χ2v) is 4.48. The van der Waals surface area contributed by atoms with Gasteiger partial charge in [0.05, 0.1) is 12.7 Å². The van der Waals surface area contributed by atoms with Crippen LogP contribution in [0.15, 0.2) is 28.9 Å². The van der Waals surface area contributed by atoms with Gasteiger partial charge in [-0.1, -0.05) is 0 Å². The van der Waals surface area contributed by atoms with Gasteiger partial charge in [0.25, 0.3) is 0 Å². The molecule has 0 unspecified atom stereocenters. The summed E-state index contributed by atoms with van der Waals surface area (Å²) in [6.07, 6.45) is 4.59. The first-order chi connectivity index (χ1) is 9.13. The van der Waals surface area contributed by atoms with Crippen molar-refractivity contribution in [2.45, 2.75) is 13.3 Å². The smallest absolute Gasteiger partial charge is 0.250 e. The van der Waals surface area contributed by atoms with Crippen molar-refractivity contribution in [3.05, 3.63) is 36.1 Å². The van der Waals surface area contributed by atoms with E-state index in [1.807, 2.05) is 0 Å². The average Bonchev–Trinajstić information content (AvgIpc) is 2.97. The molecule has 2 aromatic heterocycles. The number of amides is 1. The van der Waals surface area contributed by atoms with E-state index >= 15 is 0 Å². The van der Waals surface area contributed by atoms with Crippen molar-refractivity contribution in [3.8, 4) is 0 Å². The summed E-state index contributed by atoms with van der Waals surface area (Å²) in [6.45, 7) is 1.46. The van der Waals surface area contributed by atoms with E-state index in [1.165, 1.54) is 19.3 Å². The highest BCUT2D eigenvalue weighted by atomic mass is 32.1. The van der Waals surface area contributed by atoms with Crippen LogP contribution in [0.5, 0.6) is 0 Å². The van der Waals surface area contributed by atoms with Crippen LogP contribution in [0.3, 0.4) is 0 Å². The van der Waals surface area contributed by atoms with Gasteiger partial charge in [-0.3, -0.25) is 14.9 Å². The summed E-state index contributed by atoms with van der Waals surface area (Å²) >= 11 is 1.04. The van der Waals surface area contributed by atoms with Crippen LogP contribution in [0.2, 0.25) is 0 Å². The van der Waals surface area contributed by atoms with E-state index in [2.05, 4.69) is 14.7 Å². The van der Waals surface area contributed by atoms with Crippen LogP contribution in [-0.4, -0.2) is 21.0 Å². The van der Waals surface area contributed by atoms with Gasteiger partial charge in [-0.25, -0.2) is 4.98 Å². The first kappa shape index (κ1) is 13.2. The molecule has 0 aliphatic rings. The summed E-state index contributed by atoms with van der Waals surface area (Å²) in [6, 6.07) is 3.47. The fraction of sp³-hybridized carbons (Fsp3) is 0.167. The molecule has 0 aliphatic carbocycles. The summed E-state index contributed by atoms with van der Waals surface area (Å²) in [7, 11) is 0. The molecule has 6 nitrogen and oxygen atoms in total. The van der Waals surface area contributed by atoms with Crippen LogP contribution in [0.4, 0.5) is 5.13 Å². The van der Waals surface area contributed by atoms with Crippen molar-refractivity contribution in [2.75, 3.05) is 5.32 Å². The standard InChI is InChI=1S/C12H11N3O3S/c1-8(16)7-10-13-12(19-15-10)14-11(17)5-4-9-3-2-6-18-9/h2-6H,7H2,1H3,(H,13,14,15,17)/b5-4+. The Bertz CT molecular complexity index is 602. The third-order valence-electron chi connectivity index (χ3n) is 2.05. The van der Waals surface area contributed by atoms with Crippen molar-refractivity contribution in [3.63, 3.8) is 0 Å². The Hall–Kier alpha value is -2.28. The lowest BCUT2D eigenvalue weighted by Gasteiger charge is -1.93. The molecule has 0 aromatic carbocycles. The van der Waals surface area contributed by atoms with E-state index in [1.54, 1.807) is 18.2 Å². The number of anilines is 1. The van der Waals surface area contributed by atoms with Gasteiger partial charge in [-0.2, -0.15) is 4.37 Å². The number of carbonyl (C=O) groups excluding carboxylic acids is 2. The minimum atomic E-state index is -0.332. The van der Waals surface area contributed by atoms with Crippen molar-refractivity contribution in [1.29, 1.82) is 0 Å². The van der Waals surface area contributed by atoms with Gasteiger partial charge in [-0.05, 0) is 25.1 Å². The zero-order chi connectivity index (χ0) is 13.7. The SMILES string of the molecule is CC(=O)Cc1nsc(NC(=O)/C=C/c2ccco2)n1. The molecule has 0 fully saturated rings. The van der Waals surface area contributed by atoms with Gasteiger partial charge >= 0.3 is 0 Å². The van der Waals surface area contributed by atoms with E-state index in [4.69, 9.17) is 4.42 Å². The minimum Gasteiger partial charge on any atom is -0.465 e. The normalized spacial score (nSPS) is 10.8. The van der Waals surface area contributed by atoms with E-state index in [0.717, 1.165) is 11.5 Å². The number of hydrogen-bond donors (Lipinski definition) is 1. The van der Waals surface area contributed by atoms with Gasteiger partial charge < -0.3 is 4.42 Å². The Balaban J connectivity index is 1.91. The van der Waals surface area contributed by atoms with Gasteiger partial charge in [0, 0.05) is 17.6 Å². The Morgan fingerprint density at radius 1 is 1.53 bits per heavy atom. The number of carbonyl (C=O) groups is 2. The lowest BCUT2D eigenvalue weighted by molar-refractivity contribution is -0.116. The lowest BCUT2D eigenvalue weighted by Crippen LogP contribution is -2.07. The van der Waals surface area contributed by atoms with E-state index < -0.39 is 0 Å². The number of hydrogen-bond acceptors (Lipinski definition) is 6. The fourth-order valence-electron chi connectivity index (χ4n) is 1.29. The summed E-state index contributed by atoms with van der Waals surface area (Å²) in [5.74, 6) is 0.655. The fourth-order valence-corrected chi connectivity index (χ4v) is 1.88. The number of rotatable bonds is 5. The molecule has 2 heterocycles. The molecular weight excluding hydrogens is 266 g/mol. The maximum Gasteiger partial charge on any atom is 0.250 e. The highest BCUT2D eigenvalue weighted by Gasteiger charge is 2.07. The molecule has 0 atom stereocenters. The molecule has 0 saturated carbocycles. The Labute approximate surface area is 113 Å². The van der Waals surface area contributed by atoms with Crippen LogP contribution in [0.25, 0.3) is 6.08 Å². The van der Waals surface area contributed by atoms with Gasteiger partial charge in [0.2, 0.25) is 11.0 Å². The molecule has 19 heavy (non-hydrogen) atoms. The Kier molecular flexibility index (Phi) is 4.19. The Morgan fingerprint density at radius 3 is 3.05 bits per heavy atom. The zero-order valence-electron chi connectivity index (χ0n) is 10.1. The molecule has 2 aromatic rings. The number of nitrogens with zero attached hydrogens (tertiary/aromatic N) is 2. The molecule has 0 radical (unpaired) electrons. The molecule has 0 spiro atoms. The van der Waals surface area contributed by atoms with Crippen LogP contribution in [0.1, 0.15) is 18.5 Å². The van der Waals surface area contributed by atoms with Crippen molar-refractivity contribution >= 4 is 34.4 Å². The number of furan rings is 1. The number of nitrogens with one attached hydrogen (secondary N) is 1. The second-order valence-electron chi connectivity index (χ2n) is 3.73. The minimum absolute atomic E-state index is 0.0200. The monoisotopic (exact) mass is 277 g/mol. The maximum absolute atomic E-state index is 11.6. The lowest BCUT2D eigenvalue weighted by atomic mass is 10.3. The van der Waals surface area contributed by atoms with Crippen LogP contribution < -0.4 is 5.32 Å². The summed E-state index contributed by atoms with van der Waals surface area (Å²) in [4.78, 5) is 26.5. The molecule has 0 aliphatic heterocycles. The first-order valence-electron chi connectivity index (χ1n) is 5.48. The maximum atomic E-state index is 11.6. The van der Waals surface area contributed by atoms with Crippen molar-refractivity contribution in [1.82, 2.24) is 9.36 Å². The predicted molar refractivity (Wildman–Crippen MR) is 70.7 cm³/mol. The predicted octanol–water partition coefficient (Wildman–Crippen LogP) is 1.91. The van der Waals surface area contributed by atoms with Crippen LogP contribution >= 0.6 is 11.5 Å². The Morgan fingerprint density at radius 2 is 2.37 bits per heavy atom. The van der Waals surface area contributed by atoms with Gasteiger partial charge in [0.1, 0.15) is 11.5 Å². The number of Topliss-reactive ketones (excluding diaryl/α,β-unsaturated/α-hetero) is 1. The van der Waals surface area contributed by atoms with E-state index in [-0.39, 0.29) is 18.1 Å². The topological polar surface area (TPSA) is 85.1 Å². The third-order valence-corrected chi connectivity index (χ3v) is 2.72. The number of ketones is 1.